The Morgan fingerprint density at radius 3 is 3.05 bits per heavy atom. The average Bonchev–Trinajstić information content (AvgIpc) is 2.92. The molecular formula is C13H13BrFN3O. The molecule has 2 aromatic rings. The molecule has 2 heterocycles. The van der Waals surface area contributed by atoms with Crippen LogP contribution in [0.2, 0.25) is 0 Å². The van der Waals surface area contributed by atoms with E-state index in [0.717, 1.165) is 23.9 Å². The highest BCUT2D eigenvalue weighted by molar-refractivity contribution is 9.10. The van der Waals surface area contributed by atoms with Gasteiger partial charge in [0.25, 0.3) is 5.89 Å². The minimum Gasteiger partial charge on any atom is -0.334 e. The van der Waals surface area contributed by atoms with E-state index in [9.17, 15) is 4.39 Å². The molecule has 3 rings (SSSR count). The van der Waals surface area contributed by atoms with Crippen LogP contribution in [0.15, 0.2) is 27.2 Å². The molecule has 0 bridgehead atoms. The Balaban J connectivity index is 1.89. The van der Waals surface area contributed by atoms with Gasteiger partial charge in [0, 0.05) is 4.47 Å². The van der Waals surface area contributed by atoms with Gasteiger partial charge in [0.1, 0.15) is 5.82 Å². The molecule has 0 amide bonds. The summed E-state index contributed by atoms with van der Waals surface area (Å²) >= 11 is 3.31. The van der Waals surface area contributed by atoms with E-state index in [1.807, 2.05) is 0 Å². The maximum absolute atomic E-state index is 13.7. The monoisotopic (exact) mass is 325 g/mol. The number of rotatable bonds is 2. The van der Waals surface area contributed by atoms with E-state index in [2.05, 4.69) is 31.4 Å². The van der Waals surface area contributed by atoms with Crippen molar-refractivity contribution in [2.24, 2.45) is 0 Å². The number of benzene rings is 1. The van der Waals surface area contributed by atoms with Crippen LogP contribution in [0.3, 0.4) is 0 Å². The van der Waals surface area contributed by atoms with Crippen LogP contribution in [0.5, 0.6) is 0 Å². The van der Waals surface area contributed by atoms with Crippen LogP contribution in [-0.2, 0) is 0 Å². The van der Waals surface area contributed by atoms with Crippen LogP contribution in [0, 0.1) is 5.82 Å². The van der Waals surface area contributed by atoms with Crippen LogP contribution in [0.1, 0.15) is 31.1 Å². The molecule has 0 aliphatic carbocycles. The lowest BCUT2D eigenvalue weighted by molar-refractivity contribution is 0.366. The smallest absolute Gasteiger partial charge is 0.260 e. The number of aromatic nitrogens is 2. The molecule has 100 valence electrons. The van der Waals surface area contributed by atoms with Crippen LogP contribution < -0.4 is 5.32 Å². The van der Waals surface area contributed by atoms with E-state index in [1.165, 1.54) is 12.5 Å². The van der Waals surface area contributed by atoms with Crippen molar-refractivity contribution in [1.29, 1.82) is 0 Å². The lowest BCUT2D eigenvalue weighted by atomic mass is 10.0. The fourth-order valence-corrected chi connectivity index (χ4v) is 2.58. The minimum atomic E-state index is -0.366. The third-order valence-corrected chi connectivity index (χ3v) is 3.72. The van der Waals surface area contributed by atoms with Crippen LogP contribution in [0.4, 0.5) is 4.39 Å². The second kappa shape index (κ2) is 5.38. The first-order chi connectivity index (χ1) is 9.24. The van der Waals surface area contributed by atoms with E-state index in [0.29, 0.717) is 11.4 Å². The molecule has 0 radical (unpaired) electrons. The van der Waals surface area contributed by atoms with Crippen LogP contribution in [-0.4, -0.2) is 16.7 Å². The van der Waals surface area contributed by atoms with Crippen LogP contribution >= 0.6 is 15.9 Å². The molecule has 1 atom stereocenters. The first-order valence-corrected chi connectivity index (χ1v) is 7.06. The summed E-state index contributed by atoms with van der Waals surface area (Å²) in [6.07, 6.45) is 3.30. The average molecular weight is 326 g/mol. The Labute approximate surface area is 118 Å². The summed E-state index contributed by atoms with van der Waals surface area (Å²) in [6, 6.07) is 4.77. The van der Waals surface area contributed by atoms with E-state index in [1.54, 1.807) is 12.1 Å². The first-order valence-electron chi connectivity index (χ1n) is 6.26. The molecule has 1 aromatic carbocycles. The van der Waals surface area contributed by atoms with Gasteiger partial charge in [0.2, 0.25) is 0 Å². The quantitative estimate of drug-likeness (QED) is 0.918. The third-order valence-electron chi connectivity index (χ3n) is 3.22. The summed E-state index contributed by atoms with van der Waals surface area (Å²) < 4.78 is 19.7. The van der Waals surface area contributed by atoms with Gasteiger partial charge in [-0.3, -0.25) is 0 Å². The molecule has 1 N–H and O–H groups in total. The van der Waals surface area contributed by atoms with Crippen molar-refractivity contribution in [2.45, 2.75) is 25.3 Å². The van der Waals surface area contributed by atoms with Gasteiger partial charge in [-0.25, -0.2) is 4.39 Å². The molecule has 0 spiro atoms. The zero-order valence-electron chi connectivity index (χ0n) is 10.2. The molecule has 1 saturated heterocycles. The highest BCUT2D eigenvalue weighted by Gasteiger charge is 2.21. The maximum Gasteiger partial charge on any atom is 0.260 e. The Hall–Kier alpha value is -1.27. The highest BCUT2D eigenvalue weighted by atomic mass is 79.9. The Morgan fingerprint density at radius 2 is 2.26 bits per heavy atom. The van der Waals surface area contributed by atoms with Crippen molar-refractivity contribution < 1.29 is 8.91 Å². The fourth-order valence-electron chi connectivity index (χ4n) is 2.22. The summed E-state index contributed by atoms with van der Waals surface area (Å²) in [5.74, 6) is 0.463. The molecule has 0 saturated carbocycles. The van der Waals surface area contributed by atoms with Crippen molar-refractivity contribution in [3.05, 3.63) is 34.3 Å². The number of nitrogens with zero attached hydrogens (tertiary/aromatic N) is 2. The predicted octanol–water partition coefficient (Wildman–Crippen LogP) is 3.45. The zero-order chi connectivity index (χ0) is 13.2. The second-order valence-electron chi connectivity index (χ2n) is 4.58. The normalized spacial score (nSPS) is 19.6. The van der Waals surface area contributed by atoms with E-state index in [4.69, 9.17) is 4.52 Å². The van der Waals surface area contributed by atoms with Crippen molar-refractivity contribution in [2.75, 3.05) is 6.54 Å². The van der Waals surface area contributed by atoms with Crippen molar-refractivity contribution in [1.82, 2.24) is 15.5 Å². The molecular weight excluding hydrogens is 313 g/mol. The molecule has 19 heavy (non-hydrogen) atoms. The Kier molecular flexibility index (Phi) is 3.61. The summed E-state index contributed by atoms with van der Waals surface area (Å²) in [5.41, 5.74) is 0.323. The highest BCUT2D eigenvalue weighted by Crippen LogP contribution is 2.27. The van der Waals surface area contributed by atoms with Gasteiger partial charge in [-0.15, -0.1) is 0 Å². The van der Waals surface area contributed by atoms with Crippen molar-refractivity contribution in [3.63, 3.8) is 0 Å². The van der Waals surface area contributed by atoms with Gasteiger partial charge in [-0.05, 0) is 37.6 Å². The van der Waals surface area contributed by atoms with E-state index < -0.39 is 0 Å². The lowest BCUT2D eigenvalue weighted by Gasteiger charge is -2.19. The van der Waals surface area contributed by atoms with Gasteiger partial charge >= 0.3 is 0 Å². The number of hydrogen-bond acceptors (Lipinski definition) is 4. The van der Waals surface area contributed by atoms with Gasteiger partial charge in [0.15, 0.2) is 5.82 Å². The molecule has 1 aliphatic rings. The molecule has 1 unspecified atom stereocenters. The van der Waals surface area contributed by atoms with Crippen molar-refractivity contribution in [3.8, 4) is 11.5 Å². The van der Waals surface area contributed by atoms with E-state index in [-0.39, 0.29) is 17.7 Å². The zero-order valence-corrected chi connectivity index (χ0v) is 11.8. The molecule has 1 aromatic heterocycles. The fraction of sp³-hybridized carbons (Fsp3) is 0.385. The van der Waals surface area contributed by atoms with E-state index >= 15 is 0 Å². The lowest BCUT2D eigenvalue weighted by Crippen LogP contribution is -2.27. The van der Waals surface area contributed by atoms with Crippen molar-refractivity contribution >= 4 is 15.9 Å². The summed E-state index contributed by atoms with van der Waals surface area (Å²) in [4.78, 5) is 4.30. The Bertz CT molecular complexity index is 581. The molecule has 6 heteroatoms. The SMILES string of the molecule is Fc1ccc(Br)cc1-c1nc(C2CCCCN2)no1. The third kappa shape index (κ3) is 2.69. The number of piperidine rings is 1. The second-order valence-corrected chi connectivity index (χ2v) is 5.50. The Morgan fingerprint density at radius 1 is 1.37 bits per heavy atom. The predicted molar refractivity (Wildman–Crippen MR) is 72.0 cm³/mol. The molecule has 1 aliphatic heterocycles. The van der Waals surface area contributed by atoms with Gasteiger partial charge in [0.05, 0.1) is 11.6 Å². The van der Waals surface area contributed by atoms with Crippen LogP contribution in [0.25, 0.3) is 11.5 Å². The standard InChI is InChI=1S/C13H13BrFN3O/c14-8-4-5-10(15)9(7-8)13-17-12(18-19-13)11-3-1-2-6-16-11/h4-5,7,11,16H,1-3,6H2. The summed E-state index contributed by atoms with van der Waals surface area (Å²) in [6.45, 7) is 0.958. The number of halogens is 2. The van der Waals surface area contributed by atoms with Gasteiger partial charge in [-0.1, -0.05) is 27.5 Å². The van der Waals surface area contributed by atoms with Gasteiger partial charge in [-0.2, -0.15) is 4.98 Å². The molecule has 4 nitrogen and oxygen atoms in total. The summed E-state index contributed by atoms with van der Waals surface area (Å²) in [7, 11) is 0. The molecule has 1 fully saturated rings. The largest absolute Gasteiger partial charge is 0.334 e. The van der Waals surface area contributed by atoms with Gasteiger partial charge < -0.3 is 9.84 Å². The first kappa shape index (κ1) is 12.7. The number of nitrogens with one attached hydrogen (secondary N) is 1. The number of hydrogen-bond donors (Lipinski definition) is 1. The minimum absolute atomic E-state index is 0.112. The summed E-state index contributed by atoms with van der Waals surface area (Å²) in [5, 5.41) is 7.29. The maximum atomic E-state index is 13.7. The topological polar surface area (TPSA) is 51.0 Å².